The van der Waals surface area contributed by atoms with Crippen LogP contribution >= 0.6 is 0 Å². The van der Waals surface area contributed by atoms with Crippen LogP contribution in [0.4, 0.5) is 18.0 Å². The molecule has 0 aliphatic carbocycles. The van der Waals surface area contributed by atoms with Crippen molar-refractivity contribution < 1.29 is 32.2 Å². The van der Waals surface area contributed by atoms with Gasteiger partial charge in [-0.2, -0.15) is 13.2 Å². The van der Waals surface area contributed by atoms with Crippen molar-refractivity contribution in [3.8, 4) is 0 Å². The largest absolute Gasteiger partial charge is 0.459 e. The van der Waals surface area contributed by atoms with E-state index in [2.05, 4.69) is 5.32 Å². The summed E-state index contributed by atoms with van der Waals surface area (Å²) in [6.07, 6.45) is -6.11. The highest BCUT2D eigenvalue weighted by atomic mass is 19.4. The van der Waals surface area contributed by atoms with Crippen LogP contribution in [0.1, 0.15) is 39.7 Å². The van der Waals surface area contributed by atoms with Crippen LogP contribution in [0.3, 0.4) is 0 Å². The van der Waals surface area contributed by atoms with Gasteiger partial charge in [-0.05, 0) is 32.8 Å². The Labute approximate surface area is 150 Å². The number of hydrogen-bond acceptors (Lipinski definition) is 4. The third kappa shape index (κ3) is 8.22. The van der Waals surface area contributed by atoms with E-state index in [1.807, 2.05) is 0 Å². The van der Waals surface area contributed by atoms with Crippen LogP contribution in [0.2, 0.25) is 0 Å². The number of rotatable bonds is 6. The predicted molar refractivity (Wildman–Crippen MR) is 89.2 cm³/mol. The molecule has 0 radical (unpaired) electrons. The molecule has 8 heteroatoms. The number of esters is 1. The van der Waals surface area contributed by atoms with E-state index in [-0.39, 0.29) is 6.61 Å². The van der Waals surface area contributed by atoms with Crippen LogP contribution < -0.4 is 5.32 Å². The van der Waals surface area contributed by atoms with E-state index in [9.17, 15) is 22.8 Å². The first kappa shape index (κ1) is 21.8. The van der Waals surface area contributed by atoms with Gasteiger partial charge in [0, 0.05) is 0 Å². The van der Waals surface area contributed by atoms with Crippen molar-refractivity contribution in [1.29, 1.82) is 0 Å². The molecule has 0 heterocycles. The molecule has 1 N–H and O–H groups in total. The molecule has 0 unspecified atom stereocenters. The van der Waals surface area contributed by atoms with Gasteiger partial charge in [-0.1, -0.05) is 37.3 Å². The molecule has 0 saturated carbocycles. The standard InChI is InChI=1S/C18H24F3NO4/c1-12(18(19,20)21)10-14(22-16(24)26-17(2,3)4)15(23)25-11-13-8-6-5-7-9-13/h5-9,12,14H,10-11H2,1-4H3,(H,22,24)/t12-,14-/m0/s1. The molecule has 2 atom stereocenters. The van der Waals surface area contributed by atoms with Gasteiger partial charge < -0.3 is 14.8 Å². The van der Waals surface area contributed by atoms with Crippen LogP contribution in [-0.4, -0.2) is 29.9 Å². The monoisotopic (exact) mass is 375 g/mol. The van der Waals surface area contributed by atoms with Crippen molar-refractivity contribution in [1.82, 2.24) is 5.32 Å². The molecule has 1 aromatic carbocycles. The maximum absolute atomic E-state index is 12.8. The van der Waals surface area contributed by atoms with Gasteiger partial charge in [0.15, 0.2) is 0 Å². The number of carbonyl (C=O) groups is 2. The number of alkyl carbamates (subject to hydrolysis) is 1. The fraction of sp³-hybridized carbons (Fsp3) is 0.556. The van der Waals surface area contributed by atoms with Crippen molar-refractivity contribution in [2.24, 2.45) is 5.92 Å². The van der Waals surface area contributed by atoms with Crippen molar-refractivity contribution >= 4 is 12.1 Å². The Balaban J connectivity index is 2.78. The molecule has 146 valence electrons. The number of amides is 1. The summed E-state index contributed by atoms with van der Waals surface area (Å²) < 4.78 is 48.6. The SMILES string of the molecule is C[C@@H](C[C@H](NC(=O)OC(C)(C)C)C(=O)OCc1ccccc1)C(F)(F)F. The number of halogens is 3. The molecule has 0 fully saturated rings. The smallest absolute Gasteiger partial charge is 0.408 e. The minimum Gasteiger partial charge on any atom is -0.459 e. The van der Waals surface area contributed by atoms with E-state index < -0.39 is 42.2 Å². The van der Waals surface area contributed by atoms with Gasteiger partial charge >= 0.3 is 18.2 Å². The Morgan fingerprint density at radius 3 is 2.19 bits per heavy atom. The van der Waals surface area contributed by atoms with Gasteiger partial charge in [0.05, 0.1) is 5.92 Å². The topological polar surface area (TPSA) is 64.6 Å². The van der Waals surface area contributed by atoms with E-state index in [1.165, 1.54) is 0 Å². The third-order valence-corrected chi connectivity index (χ3v) is 3.35. The fourth-order valence-electron chi connectivity index (χ4n) is 1.98. The van der Waals surface area contributed by atoms with Crippen LogP contribution in [0, 0.1) is 5.92 Å². The van der Waals surface area contributed by atoms with Gasteiger partial charge in [-0.15, -0.1) is 0 Å². The Morgan fingerprint density at radius 1 is 1.12 bits per heavy atom. The Kier molecular flexibility index (Phi) is 7.47. The summed E-state index contributed by atoms with van der Waals surface area (Å²) in [4.78, 5) is 24.1. The lowest BCUT2D eigenvalue weighted by atomic mass is 10.0. The van der Waals surface area contributed by atoms with Gasteiger partial charge in [0.2, 0.25) is 0 Å². The minimum absolute atomic E-state index is 0.105. The number of carbonyl (C=O) groups excluding carboxylic acids is 2. The first-order valence-electron chi connectivity index (χ1n) is 8.15. The Bertz CT molecular complexity index is 597. The molecule has 0 aliphatic heterocycles. The third-order valence-electron chi connectivity index (χ3n) is 3.35. The Morgan fingerprint density at radius 2 is 1.69 bits per heavy atom. The molecule has 0 aliphatic rings. The van der Waals surface area contributed by atoms with Crippen molar-refractivity contribution in [2.45, 2.75) is 58.5 Å². The van der Waals surface area contributed by atoms with E-state index in [4.69, 9.17) is 9.47 Å². The van der Waals surface area contributed by atoms with E-state index in [0.717, 1.165) is 6.92 Å². The zero-order valence-corrected chi connectivity index (χ0v) is 15.2. The summed E-state index contributed by atoms with van der Waals surface area (Å²) in [5.74, 6) is -2.75. The highest BCUT2D eigenvalue weighted by Gasteiger charge is 2.40. The molecule has 26 heavy (non-hydrogen) atoms. The lowest BCUT2D eigenvalue weighted by Gasteiger charge is -2.25. The van der Waals surface area contributed by atoms with Crippen LogP contribution in [0.25, 0.3) is 0 Å². The van der Waals surface area contributed by atoms with Crippen LogP contribution in [0.15, 0.2) is 30.3 Å². The van der Waals surface area contributed by atoms with Gasteiger partial charge in [0.1, 0.15) is 18.2 Å². The second-order valence-corrected chi connectivity index (χ2v) is 6.97. The number of ether oxygens (including phenoxy) is 2. The summed E-state index contributed by atoms with van der Waals surface area (Å²) in [6, 6.07) is 7.22. The zero-order chi connectivity index (χ0) is 20.0. The summed E-state index contributed by atoms with van der Waals surface area (Å²) in [7, 11) is 0. The molecular weight excluding hydrogens is 351 g/mol. The molecule has 5 nitrogen and oxygen atoms in total. The molecule has 0 bridgehead atoms. The molecule has 1 aromatic rings. The van der Waals surface area contributed by atoms with Crippen molar-refractivity contribution in [3.05, 3.63) is 35.9 Å². The van der Waals surface area contributed by atoms with Gasteiger partial charge in [-0.3, -0.25) is 0 Å². The summed E-state index contributed by atoms with van der Waals surface area (Å²) >= 11 is 0. The second kappa shape index (κ2) is 8.91. The summed E-state index contributed by atoms with van der Waals surface area (Å²) in [5, 5.41) is 2.18. The maximum Gasteiger partial charge on any atom is 0.408 e. The lowest BCUT2D eigenvalue weighted by Crippen LogP contribution is -2.46. The van der Waals surface area contributed by atoms with E-state index >= 15 is 0 Å². The number of alkyl halides is 3. The maximum atomic E-state index is 12.8. The van der Waals surface area contributed by atoms with Gasteiger partial charge in [-0.25, -0.2) is 9.59 Å². The second-order valence-electron chi connectivity index (χ2n) is 6.97. The molecule has 0 aromatic heterocycles. The molecule has 0 spiro atoms. The fourth-order valence-corrected chi connectivity index (χ4v) is 1.98. The first-order chi connectivity index (χ1) is 11.9. The Hall–Kier alpha value is -2.25. The molecule has 0 saturated heterocycles. The average Bonchev–Trinajstić information content (AvgIpc) is 2.50. The van der Waals surface area contributed by atoms with E-state index in [0.29, 0.717) is 5.56 Å². The number of hydrogen-bond donors (Lipinski definition) is 1. The summed E-state index contributed by atoms with van der Waals surface area (Å²) in [6.45, 7) is 5.65. The first-order valence-corrected chi connectivity index (χ1v) is 8.15. The highest BCUT2D eigenvalue weighted by Crippen LogP contribution is 2.29. The summed E-state index contributed by atoms with van der Waals surface area (Å²) in [5.41, 5.74) is -0.168. The zero-order valence-electron chi connectivity index (χ0n) is 15.2. The normalized spacial score (nSPS) is 14.3. The van der Waals surface area contributed by atoms with Gasteiger partial charge in [0.25, 0.3) is 0 Å². The number of benzene rings is 1. The molecule has 1 rings (SSSR count). The highest BCUT2D eigenvalue weighted by molar-refractivity contribution is 5.81. The quantitative estimate of drug-likeness (QED) is 0.757. The van der Waals surface area contributed by atoms with Crippen LogP contribution in [0.5, 0.6) is 0 Å². The predicted octanol–water partition coefficient (Wildman–Crippen LogP) is 4.21. The molecule has 1 amide bonds. The van der Waals surface area contributed by atoms with Crippen molar-refractivity contribution in [2.75, 3.05) is 0 Å². The average molecular weight is 375 g/mol. The van der Waals surface area contributed by atoms with Crippen LogP contribution in [-0.2, 0) is 20.9 Å². The van der Waals surface area contributed by atoms with Crippen molar-refractivity contribution in [3.63, 3.8) is 0 Å². The number of nitrogens with one attached hydrogen (secondary N) is 1. The molecular formula is C18H24F3NO4. The lowest BCUT2D eigenvalue weighted by molar-refractivity contribution is -0.175. The van der Waals surface area contributed by atoms with E-state index in [1.54, 1.807) is 51.1 Å². The minimum atomic E-state index is -4.49.